The lowest BCUT2D eigenvalue weighted by molar-refractivity contribution is 0.0936. The summed E-state index contributed by atoms with van der Waals surface area (Å²) >= 11 is 0. The molecule has 4 aromatic rings. The minimum Gasteiger partial charge on any atom is -0.388 e. The van der Waals surface area contributed by atoms with Crippen LogP contribution in [-0.2, 0) is 19.3 Å². The van der Waals surface area contributed by atoms with E-state index in [0.717, 1.165) is 42.5 Å². The van der Waals surface area contributed by atoms with Gasteiger partial charge in [0, 0.05) is 17.5 Å². The quantitative estimate of drug-likeness (QED) is 0.496. The Kier molecular flexibility index (Phi) is 4.87. The van der Waals surface area contributed by atoms with Crippen LogP contribution in [0, 0.1) is 5.92 Å². The number of aliphatic hydroxyl groups is 1. The number of aryl methyl sites for hydroxylation is 1. The summed E-state index contributed by atoms with van der Waals surface area (Å²) in [6.07, 6.45) is 3.39. The Bertz CT molecular complexity index is 1140. The molecule has 3 aromatic carbocycles. The maximum absolute atomic E-state index is 11.1. The second-order valence-electron chi connectivity index (χ2n) is 8.14. The standard InChI is InChI=1S/C27H25NO/c29-27-23(16-19-6-2-1-3-7-19)13-12-21-11-10-20(18-25(21)27)17-24-15-14-22-8-4-5-9-26(22)28-24/h1-11,14-15,18,23,27,29H,12-13,16-17H2/t23-,27?/m1/s1. The predicted octanol–water partition coefficient (Wildman–Crippen LogP) is 5.66. The van der Waals surface area contributed by atoms with E-state index in [2.05, 4.69) is 66.7 Å². The third-order valence-electron chi connectivity index (χ3n) is 6.14. The molecule has 1 aromatic heterocycles. The molecule has 2 atom stereocenters. The van der Waals surface area contributed by atoms with Gasteiger partial charge in [-0.05, 0) is 59.6 Å². The Labute approximate surface area is 171 Å². The molecule has 1 heterocycles. The Morgan fingerprint density at radius 2 is 1.66 bits per heavy atom. The summed E-state index contributed by atoms with van der Waals surface area (Å²) < 4.78 is 0. The average Bonchev–Trinajstić information content (AvgIpc) is 2.77. The lowest BCUT2D eigenvalue weighted by Gasteiger charge is -2.30. The summed E-state index contributed by atoms with van der Waals surface area (Å²) in [5, 5.41) is 12.3. The number of aromatic nitrogens is 1. The van der Waals surface area contributed by atoms with E-state index in [0.29, 0.717) is 0 Å². The van der Waals surface area contributed by atoms with Crippen LogP contribution in [0.15, 0.2) is 84.9 Å². The van der Waals surface area contributed by atoms with Crippen LogP contribution < -0.4 is 0 Å². The highest BCUT2D eigenvalue weighted by molar-refractivity contribution is 5.78. The second-order valence-corrected chi connectivity index (χ2v) is 8.14. The van der Waals surface area contributed by atoms with Crippen molar-refractivity contribution in [3.8, 4) is 0 Å². The Balaban J connectivity index is 1.38. The molecule has 2 heteroatoms. The van der Waals surface area contributed by atoms with Gasteiger partial charge in [0.05, 0.1) is 11.6 Å². The Hall–Kier alpha value is -2.97. The zero-order chi connectivity index (χ0) is 19.6. The molecule has 2 nitrogen and oxygen atoms in total. The zero-order valence-corrected chi connectivity index (χ0v) is 16.5. The van der Waals surface area contributed by atoms with E-state index in [-0.39, 0.29) is 5.92 Å². The monoisotopic (exact) mass is 379 g/mol. The molecule has 0 bridgehead atoms. The van der Waals surface area contributed by atoms with Crippen molar-refractivity contribution in [3.05, 3.63) is 113 Å². The molecule has 0 amide bonds. The van der Waals surface area contributed by atoms with Crippen molar-refractivity contribution in [1.82, 2.24) is 4.98 Å². The van der Waals surface area contributed by atoms with Crippen LogP contribution >= 0.6 is 0 Å². The predicted molar refractivity (Wildman–Crippen MR) is 118 cm³/mol. The lowest BCUT2D eigenvalue weighted by Crippen LogP contribution is -2.22. The van der Waals surface area contributed by atoms with Gasteiger partial charge in [0.25, 0.3) is 0 Å². The van der Waals surface area contributed by atoms with Crippen molar-refractivity contribution < 1.29 is 5.11 Å². The Morgan fingerprint density at radius 1 is 0.828 bits per heavy atom. The van der Waals surface area contributed by atoms with E-state index in [1.807, 2.05) is 18.2 Å². The molecule has 0 saturated heterocycles. The van der Waals surface area contributed by atoms with Crippen LogP contribution in [0.5, 0.6) is 0 Å². The summed E-state index contributed by atoms with van der Waals surface area (Å²) in [7, 11) is 0. The first-order valence-electron chi connectivity index (χ1n) is 10.4. The van der Waals surface area contributed by atoms with Crippen LogP contribution in [0.4, 0.5) is 0 Å². The van der Waals surface area contributed by atoms with Gasteiger partial charge in [-0.3, -0.25) is 4.98 Å². The molecule has 144 valence electrons. The number of hydrogen-bond acceptors (Lipinski definition) is 2. The van der Waals surface area contributed by atoms with Gasteiger partial charge in [-0.1, -0.05) is 72.8 Å². The van der Waals surface area contributed by atoms with Gasteiger partial charge in [0.2, 0.25) is 0 Å². The van der Waals surface area contributed by atoms with E-state index in [1.54, 1.807) is 0 Å². The largest absolute Gasteiger partial charge is 0.388 e. The van der Waals surface area contributed by atoms with Crippen LogP contribution in [0.2, 0.25) is 0 Å². The Morgan fingerprint density at radius 3 is 2.55 bits per heavy atom. The number of fused-ring (bicyclic) bond motifs is 2. The molecule has 0 fully saturated rings. The second kappa shape index (κ2) is 7.81. The van der Waals surface area contributed by atoms with Gasteiger partial charge in [0.15, 0.2) is 0 Å². The third-order valence-corrected chi connectivity index (χ3v) is 6.14. The van der Waals surface area contributed by atoms with Crippen LogP contribution in [0.1, 0.15) is 40.5 Å². The topological polar surface area (TPSA) is 33.1 Å². The molecule has 0 saturated carbocycles. The molecule has 0 spiro atoms. The van der Waals surface area contributed by atoms with Gasteiger partial charge in [0.1, 0.15) is 0 Å². The smallest absolute Gasteiger partial charge is 0.0824 e. The molecule has 1 N–H and O–H groups in total. The first-order valence-corrected chi connectivity index (χ1v) is 10.4. The summed E-state index contributed by atoms with van der Waals surface area (Å²) in [4.78, 5) is 4.81. The van der Waals surface area contributed by atoms with Crippen LogP contribution in [0.25, 0.3) is 10.9 Å². The van der Waals surface area contributed by atoms with E-state index < -0.39 is 6.10 Å². The number of pyridine rings is 1. The highest BCUT2D eigenvalue weighted by Gasteiger charge is 2.28. The molecule has 1 aliphatic carbocycles. The summed E-state index contributed by atoms with van der Waals surface area (Å²) in [6.45, 7) is 0. The van der Waals surface area contributed by atoms with Gasteiger partial charge >= 0.3 is 0 Å². The number of nitrogens with zero attached hydrogens (tertiary/aromatic N) is 1. The summed E-state index contributed by atoms with van der Waals surface area (Å²) in [5.41, 5.74) is 7.01. The van der Waals surface area contributed by atoms with Gasteiger partial charge in [-0.25, -0.2) is 0 Å². The minimum atomic E-state index is -0.400. The fourth-order valence-electron chi connectivity index (χ4n) is 4.56. The molecule has 1 unspecified atom stereocenters. The van der Waals surface area contributed by atoms with Crippen molar-refractivity contribution in [2.45, 2.75) is 31.8 Å². The molecule has 1 aliphatic rings. The maximum Gasteiger partial charge on any atom is 0.0824 e. The van der Waals surface area contributed by atoms with Crippen molar-refractivity contribution in [1.29, 1.82) is 0 Å². The molecular formula is C27H25NO. The van der Waals surface area contributed by atoms with E-state index in [4.69, 9.17) is 4.98 Å². The number of hydrogen-bond donors (Lipinski definition) is 1. The first kappa shape index (κ1) is 18.1. The number of aliphatic hydroxyl groups excluding tert-OH is 1. The van der Waals surface area contributed by atoms with Crippen molar-refractivity contribution in [2.24, 2.45) is 5.92 Å². The molecule has 0 aliphatic heterocycles. The van der Waals surface area contributed by atoms with Crippen molar-refractivity contribution >= 4 is 10.9 Å². The van der Waals surface area contributed by atoms with Gasteiger partial charge in [-0.2, -0.15) is 0 Å². The van der Waals surface area contributed by atoms with E-state index >= 15 is 0 Å². The van der Waals surface area contributed by atoms with E-state index in [9.17, 15) is 5.11 Å². The first-order chi connectivity index (χ1) is 14.3. The average molecular weight is 380 g/mol. The third kappa shape index (κ3) is 3.81. The van der Waals surface area contributed by atoms with Crippen LogP contribution in [0.3, 0.4) is 0 Å². The van der Waals surface area contributed by atoms with Crippen molar-refractivity contribution in [3.63, 3.8) is 0 Å². The minimum absolute atomic E-state index is 0.277. The normalized spacial score (nSPS) is 18.5. The van der Waals surface area contributed by atoms with Gasteiger partial charge < -0.3 is 5.11 Å². The molecular weight excluding hydrogens is 354 g/mol. The van der Waals surface area contributed by atoms with Crippen LogP contribution in [-0.4, -0.2) is 10.1 Å². The fourth-order valence-corrected chi connectivity index (χ4v) is 4.56. The van der Waals surface area contributed by atoms with Crippen molar-refractivity contribution in [2.75, 3.05) is 0 Å². The summed E-state index contributed by atoms with van der Waals surface area (Å²) in [6, 6.07) is 29.6. The molecule has 5 rings (SSSR count). The zero-order valence-electron chi connectivity index (χ0n) is 16.5. The SMILES string of the molecule is OC1c2cc(Cc3ccc4ccccc4n3)ccc2CC[C@@H]1Cc1ccccc1. The molecule has 0 radical (unpaired) electrons. The molecule has 29 heavy (non-hydrogen) atoms. The maximum atomic E-state index is 11.1. The number of benzene rings is 3. The number of rotatable bonds is 4. The summed E-state index contributed by atoms with van der Waals surface area (Å²) in [5.74, 6) is 0.277. The highest BCUT2D eigenvalue weighted by atomic mass is 16.3. The van der Waals surface area contributed by atoms with Gasteiger partial charge in [-0.15, -0.1) is 0 Å². The van der Waals surface area contributed by atoms with E-state index in [1.165, 1.54) is 22.1 Å². The highest BCUT2D eigenvalue weighted by Crippen LogP contribution is 2.37. The number of para-hydroxylation sites is 1. The lowest BCUT2D eigenvalue weighted by atomic mass is 9.78. The fraction of sp³-hybridized carbons (Fsp3) is 0.222.